The molecular formula is C13H15FO3. The maximum absolute atomic E-state index is 12.7. The Morgan fingerprint density at radius 3 is 2.59 bits per heavy atom. The second-order valence-corrected chi connectivity index (χ2v) is 4.57. The highest BCUT2D eigenvalue weighted by Crippen LogP contribution is 2.19. The average molecular weight is 238 g/mol. The van der Waals surface area contributed by atoms with E-state index >= 15 is 0 Å². The lowest BCUT2D eigenvalue weighted by Crippen LogP contribution is -2.22. The number of esters is 1. The normalized spacial score (nSPS) is 11.8. The van der Waals surface area contributed by atoms with Crippen LogP contribution in [0.25, 0.3) is 6.08 Å². The van der Waals surface area contributed by atoms with Gasteiger partial charge in [-0.15, -0.1) is 0 Å². The molecule has 0 fully saturated rings. The summed E-state index contributed by atoms with van der Waals surface area (Å²) in [7, 11) is 0. The lowest BCUT2D eigenvalue weighted by Gasteiger charge is -2.17. The molecule has 0 unspecified atom stereocenters. The van der Waals surface area contributed by atoms with E-state index in [4.69, 9.17) is 4.74 Å². The SMILES string of the molecule is CC(C)(C)OC(=O)/C=C/c1ccc(F)cc1O. The molecule has 0 aliphatic carbocycles. The standard InChI is InChI=1S/C13H15FO3/c1-13(2,3)17-12(16)7-5-9-4-6-10(14)8-11(9)15/h4-8,15H,1-3H3/b7-5+. The molecular weight excluding hydrogens is 223 g/mol. The topological polar surface area (TPSA) is 46.5 Å². The molecule has 0 radical (unpaired) electrons. The number of hydrogen-bond acceptors (Lipinski definition) is 3. The minimum Gasteiger partial charge on any atom is -0.507 e. The maximum Gasteiger partial charge on any atom is 0.331 e. The monoisotopic (exact) mass is 238 g/mol. The molecule has 0 heterocycles. The Labute approximate surface area is 99.5 Å². The zero-order valence-electron chi connectivity index (χ0n) is 10.0. The number of carbonyl (C=O) groups is 1. The van der Waals surface area contributed by atoms with E-state index in [0.717, 1.165) is 6.07 Å². The highest BCUT2D eigenvalue weighted by Gasteiger charge is 2.13. The molecule has 1 rings (SSSR count). The van der Waals surface area contributed by atoms with E-state index in [1.165, 1.54) is 24.3 Å². The van der Waals surface area contributed by atoms with Crippen LogP contribution in [0.15, 0.2) is 24.3 Å². The van der Waals surface area contributed by atoms with Crippen LogP contribution in [-0.4, -0.2) is 16.7 Å². The van der Waals surface area contributed by atoms with Gasteiger partial charge in [0.25, 0.3) is 0 Å². The Bertz CT molecular complexity index is 444. The molecule has 0 amide bonds. The first-order valence-electron chi connectivity index (χ1n) is 5.17. The summed E-state index contributed by atoms with van der Waals surface area (Å²) in [4.78, 5) is 11.3. The summed E-state index contributed by atoms with van der Waals surface area (Å²) in [5.41, 5.74) is -0.205. The van der Waals surface area contributed by atoms with Gasteiger partial charge >= 0.3 is 5.97 Å². The van der Waals surface area contributed by atoms with Crippen molar-refractivity contribution in [3.8, 4) is 5.75 Å². The van der Waals surface area contributed by atoms with Gasteiger partial charge in [-0.2, -0.15) is 0 Å². The largest absolute Gasteiger partial charge is 0.507 e. The van der Waals surface area contributed by atoms with Gasteiger partial charge < -0.3 is 9.84 Å². The number of ether oxygens (including phenoxy) is 1. The van der Waals surface area contributed by atoms with Gasteiger partial charge in [-0.25, -0.2) is 9.18 Å². The predicted molar refractivity (Wildman–Crippen MR) is 62.9 cm³/mol. The molecule has 1 aromatic rings. The molecule has 0 aliphatic heterocycles. The van der Waals surface area contributed by atoms with Gasteiger partial charge in [-0.1, -0.05) is 0 Å². The fourth-order valence-electron chi connectivity index (χ4n) is 1.15. The second kappa shape index (κ2) is 4.99. The molecule has 1 aromatic carbocycles. The van der Waals surface area contributed by atoms with Gasteiger partial charge in [-0.05, 0) is 39.0 Å². The Morgan fingerprint density at radius 2 is 2.06 bits per heavy atom. The van der Waals surface area contributed by atoms with E-state index in [0.29, 0.717) is 5.56 Å². The number of benzene rings is 1. The summed E-state index contributed by atoms with van der Waals surface area (Å²) in [6.07, 6.45) is 2.57. The van der Waals surface area contributed by atoms with Crippen LogP contribution in [-0.2, 0) is 9.53 Å². The minimum atomic E-state index is -0.563. The van der Waals surface area contributed by atoms with Crippen molar-refractivity contribution >= 4 is 12.0 Å². The average Bonchev–Trinajstić information content (AvgIpc) is 2.13. The van der Waals surface area contributed by atoms with Crippen LogP contribution in [0.1, 0.15) is 26.3 Å². The predicted octanol–water partition coefficient (Wildman–Crippen LogP) is 2.89. The molecule has 1 N–H and O–H groups in total. The number of rotatable bonds is 2. The number of phenols is 1. The quantitative estimate of drug-likeness (QED) is 0.636. The fraction of sp³-hybridized carbons (Fsp3) is 0.308. The van der Waals surface area contributed by atoms with Crippen molar-refractivity contribution < 1.29 is 19.0 Å². The van der Waals surface area contributed by atoms with Crippen LogP contribution < -0.4 is 0 Å². The molecule has 0 bridgehead atoms. The van der Waals surface area contributed by atoms with Crippen molar-refractivity contribution in [3.63, 3.8) is 0 Å². The van der Waals surface area contributed by atoms with E-state index in [9.17, 15) is 14.3 Å². The lowest BCUT2D eigenvalue weighted by molar-refractivity contribution is -0.148. The van der Waals surface area contributed by atoms with Gasteiger partial charge in [0.2, 0.25) is 0 Å². The number of carbonyl (C=O) groups excluding carboxylic acids is 1. The van der Waals surface area contributed by atoms with Gasteiger partial charge in [0.15, 0.2) is 0 Å². The summed E-state index contributed by atoms with van der Waals surface area (Å²) in [5, 5.41) is 9.39. The third-order valence-electron chi connectivity index (χ3n) is 1.80. The Hall–Kier alpha value is -1.84. The summed E-state index contributed by atoms with van der Waals surface area (Å²) in [5.74, 6) is -1.26. The van der Waals surface area contributed by atoms with E-state index < -0.39 is 17.4 Å². The highest BCUT2D eigenvalue weighted by molar-refractivity contribution is 5.87. The van der Waals surface area contributed by atoms with Crippen LogP contribution in [0.3, 0.4) is 0 Å². The Balaban J connectivity index is 2.74. The van der Waals surface area contributed by atoms with Crippen molar-refractivity contribution in [1.29, 1.82) is 0 Å². The van der Waals surface area contributed by atoms with Gasteiger partial charge in [0.1, 0.15) is 17.2 Å². The Kier molecular flexibility index (Phi) is 3.89. The number of aromatic hydroxyl groups is 1. The molecule has 0 aromatic heterocycles. The van der Waals surface area contributed by atoms with E-state index in [-0.39, 0.29) is 5.75 Å². The molecule has 0 atom stereocenters. The molecule has 0 saturated carbocycles. The number of halogens is 1. The lowest BCUT2D eigenvalue weighted by atomic mass is 10.1. The third-order valence-corrected chi connectivity index (χ3v) is 1.80. The van der Waals surface area contributed by atoms with Crippen LogP contribution in [0, 0.1) is 5.82 Å². The molecule has 92 valence electrons. The summed E-state index contributed by atoms with van der Waals surface area (Å²) < 4.78 is 17.7. The fourth-order valence-corrected chi connectivity index (χ4v) is 1.15. The third kappa shape index (κ3) is 4.68. The number of hydrogen-bond donors (Lipinski definition) is 1. The van der Waals surface area contributed by atoms with Crippen molar-refractivity contribution in [3.05, 3.63) is 35.7 Å². The zero-order valence-corrected chi connectivity index (χ0v) is 10.0. The first-order valence-corrected chi connectivity index (χ1v) is 5.17. The maximum atomic E-state index is 12.7. The van der Waals surface area contributed by atoms with Gasteiger partial charge in [-0.3, -0.25) is 0 Å². The first kappa shape index (κ1) is 13.2. The second-order valence-electron chi connectivity index (χ2n) is 4.57. The minimum absolute atomic E-state index is 0.218. The zero-order chi connectivity index (χ0) is 13.1. The molecule has 4 heteroatoms. The van der Waals surface area contributed by atoms with Gasteiger partial charge in [0.05, 0.1) is 0 Å². The van der Waals surface area contributed by atoms with E-state index in [1.807, 2.05) is 0 Å². The Morgan fingerprint density at radius 1 is 1.41 bits per heavy atom. The van der Waals surface area contributed by atoms with Crippen molar-refractivity contribution in [2.24, 2.45) is 0 Å². The summed E-state index contributed by atoms with van der Waals surface area (Å²) in [6, 6.07) is 3.56. The van der Waals surface area contributed by atoms with Crippen LogP contribution in [0.2, 0.25) is 0 Å². The summed E-state index contributed by atoms with van der Waals surface area (Å²) in [6.45, 7) is 5.27. The highest BCUT2D eigenvalue weighted by atomic mass is 19.1. The van der Waals surface area contributed by atoms with E-state index in [2.05, 4.69) is 0 Å². The molecule has 3 nitrogen and oxygen atoms in total. The molecule has 0 saturated heterocycles. The smallest absolute Gasteiger partial charge is 0.331 e. The number of phenolic OH excluding ortho intramolecular Hbond substituents is 1. The molecule has 0 aliphatic rings. The van der Waals surface area contributed by atoms with Crippen LogP contribution >= 0.6 is 0 Å². The van der Waals surface area contributed by atoms with Crippen LogP contribution in [0.4, 0.5) is 4.39 Å². The van der Waals surface area contributed by atoms with Gasteiger partial charge in [0, 0.05) is 17.7 Å². The van der Waals surface area contributed by atoms with E-state index in [1.54, 1.807) is 20.8 Å². The van der Waals surface area contributed by atoms with Crippen LogP contribution in [0.5, 0.6) is 5.75 Å². The first-order chi connectivity index (χ1) is 7.78. The van der Waals surface area contributed by atoms with Crippen molar-refractivity contribution in [1.82, 2.24) is 0 Å². The van der Waals surface area contributed by atoms with Crippen molar-refractivity contribution in [2.75, 3.05) is 0 Å². The molecule has 0 spiro atoms. The van der Waals surface area contributed by atoms with Crippen molar-refractivity contribution in [2.45, 2.75) is 26.4 Å². The summed E-state index contributed by atoms with van der Waals surface area (Å²) >= 11 is 0. The molecule has 17 heavy (non-hydrogen) atoms.